The molecule has 54 valence electrons. The van der Waals surface area contributed by atoms with E-state index in [1.165, 1.54) is 6.33 Å². The molecule has 4 heteroatoms. The molecule has 0 aliphatic rings. The van der Waals surface area contributed by atoms with Crippen LogP contribution in [0, 0.1) is 0 Å². The van der Waals surface area contributed by atoms with Gasteiger partial charge in [-0.3, -0.25) is 5.10 Å². The largest absolute Gasteiger partial charge is 0.349 e. The molecule has 0 radical (unpaired) electrons. The molecule has 10 heavy (non-hydrogen) atoms. The smallest absolute Gasteiger partial charge is 0.242 e. The second-order valence-electron chi connectivity index (χ2n) is 2.13. The maximum Gasteiger partial charge on any atom is 0.242 e. The van der Waals surface area contributed by atoms with Crippen LogP contribution in [-0.2, 0) is 0 Å². The molecule has 0 saturated carbocycles. The van der Waals surface area contributed by atoms with Crippen molar-refractivity contribution in [3.63, 3.8) is 0 Å². The van der Waals surface area contributed by atoms with E-state index < -0.39 is 0 Å². The monoisotopic (exact) mass is 138 g/mol. The first kappa shape index (κ1) is 6.80. The van der Waals surface area contributed by atoms with Gasteiger partial charge in [-0.1, -0.05) is 12.2 Å². The highest BCUT2D eigenvalue weighted by Gasteiger charge is 1.91. The molecule has 0 fully saturated rings. The Morgan fingerprint density at radius 3 is 3.20 bits per heavy atom. The molecule has 0 saturated heterocycles. The fourth-order valence-corrected chi connectivity index (χ4v) is 0.524. The highest BCUT2D eigenvalue weighted by Crippen LogP contribution is 1.93. The maximum absolute atomic E-state index is 3.87. The van der Waals surface area contributed by atoms with Crippen LogP contribution in [0.25, 0.3) is 0 Å². The van der Waals surface area contributed by atoms with Gasteiger partial charge in [0, 0.05) is 6.54 Å². The number of hydrogen-bond donors (Lipinski definition) is 2. The fourth-order valence-electron chi connectivity index (χ4n) is 0.524. The number of aromatic amines is 1. The summed E-state index contributed by atoms with van der Waals surface area (Å²) < 4.78 is 0. The number of rotatable bonds is 3. The summed E-state index contributed by atoms with van der Waals surface area (Å²) in [6.07, 6.45) is 1.53. The molecule has 1 heterocycles. The molecule has 0 bridgehead atoms. The average molecular weight is 138 g/mol. The Labute approximate surface area is 59.4 Å². The van der Waals surface area contributed by atoms with E-state index in [1.54, 1.807) is 0 Å². The number of nitrogens with one attached hydrogen (secondary N) is 2. The van der Waals surface area contributed by atoms with Crippen molar-refractivity contribution in [1.82, 2.24) is 15.2 Å². The molecular weight excluding hydrogens is 128 g/mol. The highest BCUT2D eigenvalue weighted by molar-refractivity contribution is 5.23. The van der Waals surface area contributed by atoms with Gasteiger partial charge in [-0.05, 0) is 6.92 Å². The third-order valence-corrected chi connectivity index (χ3v) is 0.963. The first-order valence-corrected chi connectivity index (χ1v) is 3.03. The highest BCUT2D eigenvalue weighted by atomic mass is 15.3. The van der Waals surface area contributed by atoms with E-state index in [1.807, 2.05) is 6.92 Å². The van der Waals surface area contributed by atoms with Crippen LogP contribution in [0.1, 0.15) is 6.92 Å². The molecular formula is C6H10N4. The van der Waals surface area contributed by atoms with Gasteiger partial charge in [0.15, 0.2) is 0 Å². The van der Waals surface area contributed by atoms with Gasteiger partial charge in [0.05, 0.1) is 0 Å². The van der Waals surface area contributed by atoms with Crippen molar-refractivity contribution < 1.29 is 0 Å². The first-order valence-electron chi connectivity index (χ1n) is 3.03. The standard InChI is InChI=1S/C6H10N4/c1-5(2)3-7-6-8-4-9-10-6/h4H,1,3H2,2H3,(H2,7,8,9,10). The summed E-state index contributed by atoms with van der Waals surface area (Å²) in [5.74, 6) is 0.614. The summed E-state index contributed by atoms with van der Waals surface area (Å²) in [5.41, 5.74) is 1.06. The van der Waals surface area contributed by atoms with Crippen molar-refractivity contribution in [2.45, 2.75) is 6.92 Å². The lowest BCUT2D eigenvalue weighted by atomic mass is 10.3. The quantitative estimate of drug-likeness (QED) is 0.607. The Hall–Kier alpha value is -1.32. The van der Waals surface area contributed by atoms with Crippen molar-refractivity contribution >= 4 is 5.95 Å². The Bertz CT molecular complexity index is 202. The van der Waals surface area contributed by atoms with Gasteiger partial charge in [-0.25, -0.2) is 4.98 Å². The van der Waals surface area contributed by atoms with Crippen LogP contribution in [0.4, 0.5) is 5.95 Å². The van der Waals surface area contributed by atoms with Crippen LogP contribution >= 0.6 is 0 Å². The molecule has 2 N–H and O–H groups in total. The van der Waals surface area contributed by atoms with Gasteiger partial charge in [-0.15, -0.1) is 5.10 Å². The van der Waals surface area contributed by atoms with Gasteiger partial charge in [0.1, 0.15) is 6.33 Å². The van der Waals surface area contributed by atoms with Gasteiger partial charge in [0.2, 0.25) is 5.95 Å². The molecule has 0 spiro atoms. The topological polar surface area (TPSA) is 53.6 Å². The Morgan fingerprint density at radius 2 is 2.70 bits per heavy atom. The van der Waals surface area contributed by atoms with E-state index in [9.17, 15) is 0 Å². The first-order chi connectivity index (χ1) is 4.79. The van der Waals surface area contributed by atoms with Gasteiger partial charge >= 0.3 is 0 Å². The van der Waals surface area contributed by atoms with E-state index in [0.717, 1.165) is 12.1 Å². The summed E-state index contributed by atoms with van der Waals surface area (Å²) in [7, 11) is 0. The number of aromatic nitrogens is 3. The van der Waals surface area contributed by atoms with Crippen molar-refractivity contribution in [2.24, 2.45) is 0 Å². The average Bonchev–Trinajstić information content (AvgIpc) is 2.34. The SMILES string of the molecule is C=C(C)CNc1nc[nH]n1. The molecule has 0 unspecified atom stereocenters. The summed E-state index contributed by atoms with van der Waals surface area (Å²) in [5, 5.41) is 9.37. The van der Waals surface area contributed by atoms with E-state index in [4.69, 9.17) is 0 Å². The van der Waals surface area contributed by atoms with Crippen LogP contribution in [-0.4, -0.2) is 21.7 Å². The summed E-state index contributed by atoms with van der Waals surface area (Å²) in [6, 6.07) is 0. The number of hydrogen-bond acceptors (Lipinski definition) is 3. The molecule has 0 aliphatic carbocycles. The van der Waals surface area contributed by atoms with E-state index in [-0.39, 0.29) is 0 Å². The van der Waals surface area contributed by atoms with E-state index in [2.05, 4.69) is 27.1 Å². The van der Waals surface area contributed by atoms with Crippen LogP contribution < -0.4 is 5.32 Å². The molecule has 4 nitrogen and oxygen atoms in total. The third kappa shape index (κ3) is 1.89. The van der Waals surface area contributed by atoms with Crippen LogP contribution in [0.15, 0.2) is 18.5 Å². The van der Waals surface area contributed by atoms with Crippen molar-refractivity contribution in [3.8, 4) is 0 Å². The van der Waals surface area contributed by atoms with Crippen LogP contribution in [0.3, 0.4) is 0 Å². The molecule has 0 atom stereocenters. The summed E-state index contributed by atoms with van der Waals surface area (Å²) >= 11 is 0. The minimum atomic E-state index is 0.614. The number of anilines is 1. The van der Waals surface area contributed by atoms with Crippen molar-refractivity contribution in [3.05, 3.63) is 18.5 Å². The predicted octanol–water partition coefficient (Wildman–Crippen LogP) is 0.793. The third-order valence-electron chi connectivity index (χ3n) is 0.963. The lowest BCUT2D eigenvalue weighted by molar-refractivity contribution is 1.07. The Kier molecular flexibility index (Phi) is 2.04. The molecule has 0 aromatic carbocycles. The second kappa shape index (κ2) is 3.00. The molecule has 0 aliphatic heterocycles. The lowest BCUT2D eigenvalue weighted by Crippen LogP contribution is -2.02. The maximum atomic E-state index is 3.87. The normalized spacial score (nSPS) is 9.30. The Morgan fingerprint density at radius 1 is 1.90 bits per heavy atom. The summed E-state index contributed by atoms with van der Waals surface area (Å²) in [6.45, 7) is 6.39. The van der Waals surface area contributed by atoms with Crippen LogP contribution in [0.5, 0.6) is 0 Å². The minimum absolute atomic E-state index is 0.614. The van der Waals surface area contributed by atoms with Crippen molar-refractivity contribution in [2.75, 3.05) is 11.9 Å². The predicted molar refractivity (Wildman–Crippen MR) is 39.7 cm³/mol. The van der Waals surface area contributed by atoms with Crippen molar-refractivity contribution in [1.29, 1.82) is 0 Å². The molecule has 1 rings (SSSR count). The van der Waals surface area contributed by atoms with Gasteiger partial charge in [-0.2, -0.15) is 0 Å². The molecule has 1 aromatic heterocycles. The zero-order valence-corrected chi connectivity index (χ0v) is 5.89. The molecule has 1 aromatic rings. The lowest BCUT2D eigenvalue weighted by Gasteiger charge is -1.97. The van der Waals surface area contributed by atoms with E-state index >= 15 is 0 Å². The van der Waals surface area contributed by atoms with Gasteiger partial charge < -0.3 is 5.32 Å². The van der Waals surface area contributed by atoms with Crippen LogP contribution in [0.2, 0.25) is 0 Å². The summed E-state index contributed by atoms with van der Waals surface area (Å²) in [4.78, 5) is 3.87. The zero-order valence-electron chi connectivity index (χ0n) is 5.89. The Balaban J connectivity index is 2.35. The fraction of sp³-hybridized carbons (Fsp3) is 0.333. The second-order valence-corrected chi connectivity index (χ2v) is 2.13. The zero-order chi connectivity index (χ0) is 7.40. The minimum Gasteiger partial charge on any atom is -0.349 e. The molecule has 0 amide bonds. The van der Waals surface area contributed by atoms with Gasteiger partial charge in [0.25, 0.3) is 0 Å². The van der Waals surface area contributed by atoms with E-state index in [0.29, 0.717) is 5.95 Å². The number of H-pyrrole nitrogens is 1. The number of nitrogens with zero attached hydrogens (tertiary/aromatic N) is 2.